The third-order valence-corrected chi connectivity index (χ3v) is 2.63. The number of hydrogen-bond donors (Lipinski definition) is 2. The van der Waals surface area contributed by atoms with Crippen LogP contribution in [0.15, 0.2) is 0 Å². The topological polar surface area (TPSA) is 49.3 Å². The highest BCUT2D eigenvalue weighted by molar-refractivity contribution is 9.09. The molecule has 14 heavy (non-hydrogen) atoms. The molecule has 0 bridgehead atoms. The molecule has 1 unspecified atom stereocenters. The summed E-state index contributed by atoms with van der Waals surface area (Å²) < 4.78 is 0. The van der Waals surface area contributed by atoms with Crippen LogP contribution in [0.2, 0.25) is 0 Å². The molecule has 1 atom stereocenters. The van der Waals surface area contributed by atoms with E-state index in [9.17, 15) is 9.90 Å². The number of carbonyl (C=O) groups is 1. The predicted octanol–water partition coefficient (Wildman–Crippen LogP) is 1.68. The van der Waals surface area contributed by atoms with Gasteiger partial charge in [0.15, 0.2) is 0 Å². The number of alkyl halides is 1. The molecule has 0 aromatic carbocycles. The van der Waals surface area contributed by atoms with Crippen molar-refractivity contribution in [2.75, 3.05) is 11.9 Å². The molecule has 0 spiro atoms. The highest BCUT2D eigenvalue weighted by Crippen LogP contribution is 2.01. The van der Waals surface area contributed by atoms with Crippen LogP contribution in [0.25, 0.3) is 0 Å². The van der Waals surface area contributed by atoms with Crippen molar-refractivity contribution in [1.29, 1.82) is 0 Å². The van der Waals surface area contributed by atoms with Crippen molar-refractivity contribution in [2.24, 2.45) is 5.92 Å². The average Bonchev–Trinajstić information content (AvgIpc) is 2.14. The molecule has 1 amide bonds. The van der Waals surface area contributed by atoms with Gasteiger partial charge in [0.25, 0.3) is 0 Å². The molecule has 2 N–H and O–H groups in total. The largest absolute Gasteiger partial charge is 0.391 e. The Labute approximate surface area is 94.4 Å². The summed E-state index contributed by atoms with van der Waals surface area (Å²) in [5.74, 6) is 0.225. The molecule has 0 radical (unpaired) electrons. The van der Waals surface area contributed by atoms with Crippen molar-refractivity contribution in [3.8, 4) is 0 Å². The van der Waals surface area contributed by atoms with Gasteiger partial charge in [-0.15, -0.1) is 0 Å². The van der Waals surface area contributed by atoms with Crippen molar-refractivity contribution >= 4 is 21.8 Å². The zero-order valence-corrected chi connectivity index (χ0v) is 10.5. The lowest BCUT2D eigenvalue weighted by molar-refractivity contribution is -0.121. The van der Waals surface area contributed by atoms with E-state index in [0.29, 0.717) is 13.0 Å². The summed E-state index contributed by atoms with van der Waals surface area (Å²) in [4.78, 5) is 11.2. The second-order valence-electron chi connectivity index (χ2n) is 3.76. The Morgan fingerprint density at radius 2 is 2.07 bits per heavy atom. The van der Waals surface area contributed by atoms with E-state index < -0.39 is 6.10 Å². The summed E-state index contributed by atoms with van der Waals surface area (Å²) >= 11 is 3.31. The number of rotatable bonds is 7. The van der Waals surface area contributed by atoms with Crippen molar-refractivity contribution < 1.29 is 9.90 Å². The molecule has 0 aromatic heterocycles. The fourth-order valence-corrected chi connectivity index (χ4v) is 1.32. The quantitative estimate of drug-likeness (QED) is 0.544. The van der Waals surface area contributed by atoms with Crippen molar-refractivity contribution in [3.63, 3.8) is 0 Å². The summed E-state index contributed by atoms with van der Waals surface area (Å²) in [7, 11) is 0. The van der Waals surface area contributed by atoms with Gasteiger partial charge in [-0.25, -0.2) is 0 Å². The molecule has 0 aliphatic carbocycles. The molecule has 84 valence electrons. The molecular weight excluding hydrogens is 246 g/mol. The van der Waals surface area contributed by atoms with E-state index in [4.69, 9.17) is 0 Å². The highest BCUT2D eigenvalue weighted by Gasteiger charge is 2.10. The second kappa shape index (κ2) is 8.24. The first-order valence-corrected chi connectivity index (χ1v) is 6.20. The van der Waals surface area contributed by atoms with Crippen LogP contribution < -0.4 is 5.32 Å². The number of carbonyl (C=O) groups excluding carboxylic acids is 1. The van der Waals surface area contributed by atoms with Gasteiger partial charge >= 0.3 is 0 Å². The first-order valence-electron chi connectivity index (χ1n) is 5.08. The molecule has 4 heteroatoms. The van der Waals surface area contributed by atoms with Gasteiger partial charge in [-0.1, -0.05) is 29.8 Å². The molecule has 3 nitrogen and oxygen atoms in total. The summed E-state index contributed by atoms with van der Waals surface area (Å²) in [5.41, 5.74) is 0. The smallest absolute Gasteiger partial charge is 0.220 e. The molecule has 0 aliphatic rings. The van der Waals surface area contributed by atoms with Gasteiger partial charge in [-0.05, 0) is 18.8 Å². The third-order valence-electron chi connectivity index (χ3n) is 2.07. The fraction of sp³-hybridized carbons (Fsp3) is 0.900. The van der Waals surface area contributed by atoms with Gasteiger partial charge in [-0.2, -0.15) is 0 Å². The Kier molecular flexibility index (Phi) is 8.18. The van der Waals surface area contributed by atoms with Gasteiger partial charge in [0.1, 0.15) is 0 Å². The molecule has 0 aromatic rings. The van der Waals surface area contributed by atoms with E-state index >= 15 is 0 Å². The predicted molar refractivity (Wildman–Crippen MR) is 61.5 cm³/mol. The zero-order valence-electron chi connectivity index (χ0n) is 8.92. The number of amides is 1. The lowest BCUT2D eigenvalue weighted by Gasteiger charge is -2.14. The van der Waals surface area contributed by atoms with E-state index in [0.717, 1.165) is 18.2 Å². The van der Waals surface area contributed by atoms with Crippen LogP contribution in [-0.4, -0.2) is 29.0 Å². The maximum Gasteiger partial charge on any atom is 0.220 e. The van der Waals surface area contributed by atoms with E-state index in [2.05, 4.69) is 21.2 Å². The minimum absolute atomic E-state index is 0.0330. The number of aliphatic hydroxyl groups excluding tert-OH is 1. The number of aliphatic hydroxyl groups is 1. The van der Waals surface area contributed by atoms with Crippen LogP contribution in [0.3, 0.4) is 0 Å². The Morgan fingerprint density at radius 3 is 2.57 bits per heavy atom. The van der Waals surface area contributed by atoms with Crippen LogP contribution in [0.5, 0.6) is 0 Å². The molecule has 0 aliphatic heterocycles. The van der Waals surface area contributed by atoms with Crippen LogP contribution in [0, 0.1) is 5.92 Å². The van der Waals surface area contributed by atoms with E-state index in [1.165, 1.54) is 0 Å². The summed E-state index contributed by atoms with van der Waals surface area (Å²) in [6, 6.07) is 0. The average molecular weight is 266 g/mol. The van der Waals surface area contributed by atoms with Crippen LogP contribution >= 0.6 is 15.9 Å². The highest BCUT2D eigenvalue weighted by atomic mass is 79.9. The number of unbranched alkanes of at least 4 members (excludes halogenated alkanes) is 1. The molecule has 0 heterocycles. The van der Waals surface area contributed by atoms with Crippen LogP contribution in [-0.2, 0) is 4.79 Å². The number of halogens is 1. The van der Waals surface area contributed by atoms with Crippen molar-refractivity contribution in [2.45, 2.75) is 39.2 Å². The number of hydrogen-bond acceptors (Lipinski definition) is 2. The summed E-state index contributed by atoms with van der Waals surface area (Å²) in [6.07, 6.45) is 2.03. The first kappa shape index (κ1) is 13.9. The number of nitrogens with one attached hydrogen (secondary N) is 1. The molecular formula is C10H20BrNO2. The van der Waals surface area contributed by atoms with Crippen LogP contribution in [0.4, 0.5) is 0 Å². The Balaban J connectivity index is 3.44. The Hall–Kier alpha value is -0.0900. The SMILES string of the molecule is CC(C)C(O)CNC(=O)CCCCBr. The Morgan fingerprint density at radius 1 is 1.43 bits per heavy atom. The van der Waals surface area contributed by atoms with Gasteiger partial charge in [0.2, 0.25) is 5.91 Å². The third kappa shape index (κ3) is 7.33. The standard InChI is InChI=1S/C10H20BrNO2/c1-8(2)9(13)7-12-10(14)5-3-4-6-11/h8-9,13H,3-7H2,1-2H3,(H,12,14). The maximum atomic E-state index is 11.2. The fourth-order valence-electron chi connectivity index (χ4n) is 0.923. The zero-order chi connectivity index (χ0) is 11.0. The lowest BCUT2D eigenvalue weighted by Crippen LogP contribution is -2.34. The van der Waals surface area contributed by atoms with Gasteiger partial charge in [0, 0.05) is 18.3 Å². The van der Waals surface area contributed by atoms with E-state index in [1.54, 1.807) is 0 Å². The van der Waals surface area contributed by atoms with Gasteiger partial charge in [0.05, 0.1) is 6.10 Å². The minimum atomic E-state index is -0.435. The first-order chi connectivity index (χ1) is 6.57. The lowest BCUT2D eigenvalue weighted by atomic mass is 10.1. The summed E-state index contributed by atoms with van der Waals surface area (Å²) in [6.45, 7) is 4.23. The molecule has 0 rings (SSSR count). The van der Waals surface area contributed by atoms with Gasteiger partial charge < -0.3 is 10.4 Å². The Bertz CT molecular complexity index is 162. The monoisotopic (exact) mass is 265 g/mol. The van der Waals surface area contributed by atoms with E-state index in [1.807, 2.05) is 13.8 Å². The van der Waals surface area contributed by atoms with Gasteiger partial charge in [-0.3, -0.25) is 4.79 Å². The summed E-state index contributed by atoms with van der Waals surface area (Å²) in [5, 5.41) is 13.1. The second-order valence-corrected chi connectivity index (χ2v) is 4.55. The molecule has 0 saturated heterocycles. The molecule has 0 fully saturated rings. The van der Waals surface area contributed by atoms with Crippen molar-refractivity contribution in [3.05, 3.63) is 0 Å². The molecule has 0 saturated carbocycles. The maximum absolute atomic E-state index is 11.2. The minimum Gasteiger partial charge on any atom is -0.391 e. The van der Waals surface area contributed by atoms with E-state index in [-0.39, 0.29) is 11.8 Å². The van der Waals surface area contributed by atoms with Crippen molar-refractivity contribution in [1.82, 2.24) is 5.32 Å². The normalized spacial score (nSPS) is 12.9. The van der Waals surface area contributed by atoms with Crippen LogP contribution in [0.1, 0.15) is 33.1 Å².